The van der Waals surface area contributed by atoms with Gasteiger partial charge in [-0.2, -0.15) is 0 Å². The molecular formula is C16H26O3. The summed E-state index contributed by atoms with van der Waals surface area (Å²) >= 11 is 0. The van der Waals surface area contributed by atoms with Crippen molar-refractivity contribution in [3.63, 3.8) is 0 Å². The smallest absolute Gasteiger partial charge is 0.151 e. The molecule has 0 aromatic rings. The first-order valence-corrected chi connectivity index (χ1v) is 7.37. The van der Waals surface area contributed by atoms with E-state index in [1.165, 1.54) is 0 Å². The van der Waals surface area contributed by atoms with Gasteiger partial charge in [-0.05, 0) is 30.6 Å². The second-order valence-electron chi connectivity index (χ2n) is 7.52. The van der Waals surface area contributed by atoms with Crippen LogP contribution in [0.1, 0.15) is 53.9 Å². The number of aldehydes is 1. The summed E-state index contributed by atoms with van der Waals surface area (Å²) in [6.45, 7) is 10.4. The lowest BCUT2D eigenvalue weighted by atomic mass is 9.55. The van der Waals surface area contributed by atoms with Crippen LogP contribution in [0.15, 0.2) is 0 Å². The Labute approximate surface area is 116 Å². The molecule has 4 atom stereocenters. The third kappa shape index (κ3) is 2.26. The molecule has 108 valence electrons. The van der Waals surface area contributed by atoms with Crippen molar-refractivity contribution < 1.29 is 14.3 Å². The van der Waals surface area contributed by atoms with E-state index in [0.717, 1.165) is 19.1 Å². The van der Waals surface area contributed by atoms with Crippen LogP contribution in [-0.4, -0.2) is 24.3 Å². The normalized spacial score (nSPS) is 42.0. The van der Waals surface area contributed by atoms with E-state index in [4.69, 9.17) is 4.74 Å². The minimum Gasteiger partial charge on any atom is -0.373 e. The fourth-order valence-corrected chi connectivity index (χ4v) is 4.06. The molecule has 0 bridgehead atoms. The largest absolute Gasteiger partial charge is 0.373 e. The summed E-state index contributed by atoms with van der Waals surface area (Å²) in [4.78, 5) is 23.6. The Bertz CT molecular complexity index is 385. The molecule has 1 heterocycles. The van der Waals surface area contributed by atoms with E-state index in [9.17, 15) is 9.59 Å². The number of rotatable bonds is 2. The van der Waals surface area contributed by atoms with Crippen LogP contribution in [-0.2, 0) is 14.3 Å². The molecule has 0 aromatic carbocycles. The second kappa shape index (κ2) is 4.69. The fraction of sp³-hybridized carbons (Fsp3) is 0.875. The monoisotopic (exact) mass is 266 g/mol. The molecule has 0 spiro atoms. The Hall–Kier alpha value is -0.700. The number of ketones is 1. The number of carbonyl (C=O) groups excluding carboxylic acids is 2. The van der Waals surface area contributed by atoms with Gasteiger partial charge in [0.15, 0.2) is 5.78 Å². The predicted molar refractivity (Wildman–Crippen MR) is 73.8 cm³/mol. The van der Waals surface area contributed by atoms with Crippen LogP contribution in [0, 0.1) is 22.7 Å². The van der Waals surface area contributed by atoms with Gasteiger partial charge in [-0.3, -0.25) is 4.79 Å². The van der Waals surface area contributed by atoms with Crippen LogP contribution in [0.2, 0.25) is 0 Å². The quantitative estimate of drug-likeness (QED) is 0.570. The number of carbonyl (C=O) groups is 2. The highest BCUT2D eigenvalue weighted by Gasteiger charge is 2.57. The van der Waals surface area contributed by atoms with Gasteiger partial charge in [0.05, 0.1) is 23.5 Å². The lowest BCUT2D eigenvalue weighted by Gasteiger charge is -2.55. The second-order valence-corrected chi connectivity index (χ2v) is 7.52. The number of fused-ring (bicyclic) bond motifs is 1. The van der Waals surface area contributed by atoms with E-state index in [2.05, 4.69) is 20.8 Å². The molecule has 1 saturated carbocycles. The Balaban J connectivity index is 2.32. The van der Waals surface area contributed by atoms with Crippen molar-refractivity contribution >= 4 is 12.1 Å². The van der Waals surface area contributed by atoms with E-state index in [-0.39, 0.29) is 23.4 Å². The van der Waals surface area contributed by atoms with Crippen LogP contribution in [0.3, 0.4) is 0 Å². The Morgan fingerprint density at radius 1 is 1.32 bits per heavy atom. The highest BCUT2D eigenvalue weighted by molar-refractivity contribution is 5.98. The summed E-state index contributed by atoms with van der Waals surface area (Å²) in [6, 6.07) is 0. The molecule has 0 radical (unpaired) electrons. The third-order valence-electron chi connectivity index (χ3n) is 5.17. The fourth-order valence-electron chi connectivity index (χ4n) is 4.06. The maximum Gasteiger partial charge on any atom is 0.151 e. The zero-order chi connectivity index (χ0) is 14.4. The third-order valence-corrected chi connectivity index (χ3v) is 5.17. The van der Waals surface area contributed by atoms with E-state index in [1.54, 1.807) is 0 Å². The first-order valence-electron chi connectivity index (χ1n) is 7.37. The van der Waals surface area contributed by atoms with Crippen molar-refractivity contribution in [3.05, 3.63) is 0 Å². The van der Waals surface area contributed by atoms with Crippen LogP contribution in [0.25, 0.3) is 0 Å². The predicted octanol–water partition coefficient (Wildman–Crippen LogP) is 3.01. The van der Waals surface area contributed by atoms with Gasteiger partial charge in [-0.1, -0.05) is 34.6 Å². The van der Waals surface area contributed by atoms with Crippen LogP contribution >= 0.6 is 0 Å². The molecule has 3 nitrogen and oxygen atoms in total. The number of hydrogen-bond acceptors (Lipinski definition) is 3. The highest BCUT2D eigenvalue weighted by atomic mass is 16.5. The molecule has 0 N–H and O–H groups in total. The first-order chi connectivity index (χ1) is 8.72. The van der Waals surface area contributed by atoms with Gasteiger partial charge in [-0.15, -0.1) is 0 Å². The summed E-state index contributed by atoms with van der Waals surface area (Å²) in [5, 5.41) is 0. The molecule has 2 fully saturated rings. The standard InChI is InChI=1S/C16H26O3/c1-10(2)12-6-7-16(5)8-11(9-17)13(18)15(3,4)14(16)19-12/h9-12,14H,6-8H2,1-5H3/t11?,12?,14-,16?/m0/s1. The highest BCUT2D eigenvalue weighted by Crippen LogP contribution is 2.53. The summed E-state index contributed by atoms with van der Waals surface area (Å²) in [5.74, 6) is 0.0732. The van der Waals surface area contributed by atoms with Crippen molar-refractivity contribution in [2.45, 2.75) is 66.1 Å². The molecule has 1 aliphatic carbocycles. The average molecular weight is 266 g/mol. The van der Waals surface area contributed by atoms with Gasteiger partial charge >= 0.3 is 0 Å². The van der Waals surface area contributed by atoms with Crippen LogP contribution < -0.4 is 0 Å². The van der Waals surface area contributed by atoms with Gasteiger partial charge in [-0.25, -0.2) is 0 Å². The van der Waals surface area contributed by atoms with E-state index < -0.39 is 11.3 Å². The van der Waals surface area contributed by atoms with Gasteiger partial charge in [0.2, 0.25) is 0 Å². The molecule has 2 aliphatic rings. The molecule has 19 heavy (non-hydrogen) atoms. The van der Waals surface area contributed by atoms with Gasteiger partial charge < -0.3 is 9.53 Å². The van der Waals surface area contributed by atoms with Crippen LogP contribution in [0.5, 0.6) is 0 Å². The van der Waals surface area contributed by atoms with E-state index >= 15 is 0 Å². The van der Waals surface area contributed by atoms with Gasteiger partial charge in [0, 0.05) is 0 Å². The molecule has 3 unspecified atom stereocenters. The van der Waals surface area contributed by atoms with Crippen molar-refractivity contribution in [1.82, 2.24) is 0 Å². The Morgan fingerprint density at radius 3 is 2.47 bits per heavy atom. The molecule has 0 aromatic heterocycles. The number of hydrogen-bond donors (Lipinski definition) is 0. The molecule has 2 rings (SSSR count). The first kappa shape index (κ1) is 14.7. The zero-order valence-electron chi connectivity index (χ0n) is 12.7. The van der Waals surface area contributed by atoms with Crippen molar-refractivity contribution in [1.29, 1.82) is 0 Å². The molecule has 1 saturated heterocycles. The molecule has 3 heteroatoms. The van der Waals surface area contributed by atoms with Crippen LogP contribution in [0.4, 0.5) is 0 Å². The summed E-state index contributed by atoms with van der Waals surface area (Å²) in [7, 11) is 0. The Morgan fingerprint density at radius 2 is 1.95 bits per heavy atom. The number of Topliss-reactive ketones (excluding diaryl/α,β-unsaturated/α-hetero) is 1. The Kier molecular flexibility index (Phi) is 3.63. The lowest BCUT2D eigenvalue weighted by Crippen LogP contribution is -2.60. The summed E-state index contributed by atoms with van der Waals surface area (Å²) < 4.78 is 6.30. The number of ether oxygens (including phenoxy) is 1. The van der Waals surface area contributed by atoms with Gasteiger partial charge in [0.1, 0.15) is 6.29 Å². The van der Waals surface area contributed by atoms with Crippen molar-refractivity contribution in [2.75, 3.05) is 0 Å². The minimum absolute atomic E-state index is 0.0472. The lowest BCUT2D eigenvalue weighted by molar-refractivity contribution is -0.206. The maximum atomic E-state index is 12.4. The van der Waals surface area contributed by atoms with Crippen molar-refractivity contribution in [3.8, 4) is 0 Å². The summed E-state index contributed by atoms with van der Waals surface area (Å²) in [5.41, 5.74) is -0.611. The molecule has 0 amide bonds. The van der Waals surface area contributed by atoms with Gasteiger partial charge in [0.25, 0.3) is 0 Å². The molecular weight excluding hydrogens is 240 g/mol. The topological polar surface area (TPSA) is 43.4 Å². The SMILES string of the molecule is CC(C)C1CCC2(C)CC(C=O)C(=O)C(C)(C)[C@@H]2O1. The summed E-state index contributed by atoms with van der Waals surface area (Å²) in [6.07, 6.45) is 3.72. The zero-order valence-corrected chi connectivity index (χ0v) is 12.7. The average Bonchev–Trinajstić information content (AvgIpc) is 2.33. The minimum atomic E-state index is -0.563. The van der Waals surface area contributed by atoms with E-state index in [0.29, 0.717) is 12.3 Å². The van der Waals surface area contributed by atoms with E-state index in [1.807, 2.05) is 13.8 Å². The molecule has 1 aliphatic heterocycles. The maximum absolute atomic E-state index is 12.4. The van der Waals surface area contributed by atoms with Crippen molar-refractivity contribution in [2.24, 2.45) is 22.7 Å².